The number of rotatable bonds is 7. The molecule has 2 rings (SSSR count). The topological polar surface area (TPSA) is 135 Å². The summed E-state index contributed by atoms with van der Waals surface area (Å²) in [5.41, 5.74) is 1.50. The molecule has 2 N–H and O–H groups in total. The fourth-order valence-corrected chi connectivity index (χ4v) is 2.19. The van der Waals surface area contributed by atoms with E-state index in [1.165, 1.54) is 27.3 Å². The molecule has 1 aromatic carbocycles. The van der Waals surface area contributed by atoms with Gasteiger partial charge in [0, 0.05) is 19.0 Å². The summed E-state index contributed by atoms with van der Waals surface area (Å²) in [6.45, 7) is 1.31. The Hall–Kier alpha value is -3.56. The highest BCUT2D eigenvalue weighted by molar-refractivity contribution is 5.89. The minimum Gasteiger partial charge on any atom is -0.467 e. The molecule has 0 saturated heterocycles. The molecule has 0 aliphatic heterocycles. The van der Waals surface area contributed by atoms with Gasteiger partial charge >= 0.3 is 11.9 Å². The molecule has 1 atom stereocenters. The van der Waals surface area contributed by atoms with E-state index in [9.17, 15) is 14.4 Å². The molecule has 0 aliphatic carbocycles. The number of esters is 2. The first-order valence-corrected chi connectivity index (χ1v) is 7.92. The van der Waals surface area contributed by atoms with E-state index in [1.807, 2.05) is 0 Å². The van der Waals surface area contributed by atoms with Gasteiger partial charge in [0.05, 0.1) is 31.7 Å². The van der Waals surface area contributed by atoms with Crippen LogP contribution in [0.15, 0.2) is 40.7 Å². The summed E-state index contributed by atoms with van der Waals surface area (Å²) in [5.74, 6) is -1.11. The van der Waals surface area contributed by atoms with Crippen molar-refractivity contribution in [3.8, 4) is 0 Å². The van der Waals surface area contributed by atoms with Crippen molar-refractivity contribution in [2.24, 2.45) is 10.2 Å². The van der Waals surface area contributed by atoms with E-state index in [0.717, 1.165) is 0 Å². The SMILES string of the molecule is COC(=O)c1ccc(N=Nc2ncc(C[C@@H](NC(C)=O)C(=O)OC)[nH]2)cc1. The molecule has 0 fully saturated rings. The summed E-state index contributed by atoms with van der Waals surface area (Å²) < 4.78 is 9.29. The third kappa shape index (κ3) is 5.73. The number of nitrogens with one attached hydrogen (secondary N) is 2. The quantitative estimate of drug-likeness (QED) is 0.561. The molecule has 142 valence electrons. The average molecular weight is 373 g/mol. The monoisotopic (exact) mass is 373 g/mol. The van der Waals surface area contributed by atoms with E-state index in [-0.39, 0.29) is 18.3 Å². The number of hydrogen-bond donors (Lipinski definition) is 2. The number of amides is 1. The van der Waals surface area contributed by atoms with Crippen LogP contribution in [0.3, 0.4) is 0 Å². The van der Waals surface area contributed by atoms with Gasteiger partial charge in [-0.15, -0.1) is 10.2 Å². The first-order chi connectivity index (χ1) is 12.9. The molecule has 0 saturated carbocycles. The zero-order valence-corrected chi connectivity index (χ0v) is 15.1. The lowest BCUT2D eigenvalue weighted by Gasteiger charge is -2.14. The molecular weight excluding hydrogens is 354 g/mol. The lowest BCUT2D eigenvalue weighted by Crippen LogP contribution is -2.42. The number of azo groups is 1. The first-order valence-electron chi connectivity index (χ1n) is 7.92. The number of ether oxygens (including phenoxy) is 2. The third-order valence-electron chi connectivity index (χ3n) is 3.45. The Bertz CT molecular complexity index is 844. The fraction of sp³-hybridized carbons (Fsp3) is 0.294. The van der Waals surface area contributed by atoms with Gasteiger partial charge in [0.2, 0.25) is 11.9 Å². The minimum atomic E-state index is -0.830. The Balaban J connectivity index is 2.04. The number of hydrogen-bond acceptors (Lipinski definition) is 8. The maximum absolute atomic E-state index is 11.7. The number of carbonyl (C=O) groups excluding carboxylic acids is 3. The molecule has 10 heteroatoms. The van der Waals surface area contributed by atoms with Gasteiger partial charge in [-0.2, -0.15) is 0 Å². The van der Waals surface area contributed by atoms with Gasteiger partial charge < -0.3 is 19.8 Å². The van der Waals surface area contributed by atoms with Crippen molar-refractivity contribution in [2.45, 2.75) is 19.4 Å². The number of nitrogens with zero attached hydrogens (tertiary/aromatic N) is 3. The Morgan fingerprint density at radius 3 is 2.44 bits per heavy atom. The second-order valence-corrected chi connectivity index (χ2v) is 5.45. The summed E-state index contributed by atoms with van der Waals surface area (Å²) in [6, 6.07) is 5.54. The molecule has 0 spiro atoms. The zero-order valence-electron chi connectivity index (χ0n) is 15.1. The average Bonchev–Trinajstić information content (AvgIpc) is 3.12. The van der Waals surface area contributed by atoms with Crippen LogP contribution in [0, 0.1) is 0 Å². The van der Waals surface area contributed by atoms with Crippen molar-refractivity contribution >= 4 is 29.5 Å². The van der Waals surface area contributed by atoms with Crippen LogP contribution in [0.25, 0.3) is 0 Å². The number of aromatic amines is 1. The molecule has 0 aliphatic rings. The number of methoxy groups -OCH3 is 2. The maximum atomic E-state index is 11.7. The van der Waals surface area contributed by atoms with Crippen molar-refractivity contribution < 1.29 is 23.9 Å². The number of aromatic nitrogens is 2. The van der Waals surface area contributed by atoms with Crippen LogP contribution >= 0.6 is 0 Å². The van der Waals surface area contributed by atoms with Crippen LogP contribution in [0.1, 0.15) is 23.0 Å². The van der Waals surface area contributed by atoms with Crippen LogP contribution in [0.5, 0.6) is 0 Å². The predicted octanol–water partition coefficient (Wildman–Crippen LogP) is 1.83. The lowest BCUT2D eigenvalue weighted by atomic mass is 10.1. The lowest BCUT2D eigenvalue weighted by molar-refractivity contribution is -0.144. The van der Waals surface area contributed by atoms with Gasteiger partial charge in [-0.3, -0.25) is 4.79 Å². The molecule has 0 bridgehead atoms. The van der Waals surface area contributed by atoms with Crippen LogP contribution in [-0.2, 0) is 25.5 Å². The molecule has 1 heterocycles. The largest absolute Gasteiger partial charge is 0.467 e. The van der Waals surface area contributed by atoms with Crippen molar-refractivity contribution in [3.05, 3.63) is 41.7 Å². The first kappa shape index (κ1) is 19.8. The van der Waals surface area contributed by atoms with Gasteiger partial charge in [-0.1, -0.05) is 0 Å². The predicted molar refractivity (Wildman–Crippen MR) is 93.9 cm³/mol. The second kappa shape index (κ2) is 9.22. The second-order valence-electron chi connectivity index (χ2n) is 5.45. The maximum Gasteiger partial charge on any atom is 0.337 e. The molecule has 10 nitrogen and oxygen atoms in total. The molecular formula is C17H19N5O5. The van der Waals surface area contributed by atoms with Crippen molar-refractivity contribution in [1.82, 2.24) is 15.3 Å². The Kier molecular flexibility index (Phi) is 6.75. The van der Waals surface area contributed by atoms with E-state index in [2.05, 4.69) is 35.0 Å². The van der Waals surface area contributed by atoms with E-state index in [0.29, 0.717) is 16.9 Å². The van der Waals surface area contributed by atoms with E-state index < -0.39 is 18.0 Å². The molecule has 0 radical (unpaired) electrons. The van der Waals surface area contributed by atoms with Crippen LogP contribution < -0.4 is 5.32 Å². The van der Waals surface area contributed by atoms with Gasteiger partial charge in [0.1, 0.15) is 6.04 Å². The van der Waals surface area contributed by atoms with E-state index in [1.54, 1.807) is 24.3 Å². The Morgan fingerprint density at radius 1 is 1.15 bits per heavy atom. The smallest absolute Gasteiger partial charge is 0.337 e. The highest BCUT2D eigenvalue weighted by atomic mass is 16.5. The summed E-state index contributed by atoms with van der Waals surface area (Å²) >= 11 is 0. The standard InChI is InChI=1S/C17H19N5O5/c1-10(23)19-14(16(25)27-3)8-13-9-18-17(20-13)22-21-12-6-4-11(5-7-12)15(24)26-2/h4-7,9,14H,8H2,1-3H3,(H,18,20)(H,19,23)/t14-/m1/s1. The van der Waals surface area contributed by atoms with Crippen molar-refractivity contribution in [1.29, 1.82) is 0 Å². The highest BCUT2D eigenvalue weighted by Crippen LogP contribution is 2.17. The Morgan fingerprint density at radius 2 is 1.85 bits per heavy atom. The van der Waals surface area contributed by atoms with Gasteiger partial charge in [0.25, 0.3) is 0 Å². The summed E-state index contributed by atoms with van der Waals surface area (Å²) in [5, 5.41) is 10.5. The zero-order chi connectivity index (χ0) is 19.8. The molecule has 0 unspecified atom stereocenters. The number of benzene rings is 1. The normalized spacial score (nSPS) is 11.8. The summed E-state index contributed by atoms with van der Waals surface area (Å²) in [6.07, 6.45) is 1.66. The molecule has 1 amide bonds. The minimum absolute atomic E-state index is 0.169. The van der Waals surface area contributed by atoms with Crippen molar-refractivity contribution in [3.63, 3.8) is 0 Å². The van der Waals surface area contributed by atoms with Gasteiger partial charge in [-0.05, 0) is 24.3 Å². The number of H-pyrrole nitrogens is 1. The van der Waals surface area contributed by atoms with Crippen LogP contribution in [0.2, 0.25) is 0 Å². The van der Waals surface area contributed by atoms with Crippen LogP contribution in [0.4, 0.5) is 11.6 Å². The van der Waals surface area contributed by atoms with Gasteiger partial charge in [0.15, 0.2) is 0 Å². The van der Waals surface area contributed by atoms with E-state index in [4.69, 9.17) is 0 Å². The fourth-order valence-electron chi connectivity index (χ4n) is 2.19. The van der Waals surface area contributed by atoms with Crippen LogP contribution in [-0.4, -0.2) is 48.1 Å². The Labute approximate surface area is 155 Å². The highest BCUT2D eigenvalue weighted by Gasteiger charge is 2.21. The van der Waals surface area contributed by atoms with E-state index >= 15 is 0 Å². The third-order valence-corrected chi connectivity index (χ3v) is 3.45. The molecule has 27 heavy (non-hydrogen) atoms. The van der Waals surface area contributed by atoms with Gasteiger partial charge in [-0.25, -0.2) is 14.6 Å². The summed E-state index contributed by atoms with van der Waals surface area (Å²) in [4.78, 5) is 41.3. The molecule has 2 aromatic rings. The number of imidazole rings is 1. The summed E-state index contributed by atoms with van der Waals surface area (Å²) in [7, 11) is 2.55. The number of carbonyl (C=O) groups is 3. The molecule has 1 aromatic heterocycles. The van der Waals surface area contributed by atoms with Crippen molar-refractivity contribution in [2.75, 3.05) is 14.2 Å².